The lowest BCUT2D eigenvalue weighted by atomic mass is 10.1. The number of hydrogen-bond acceptors (Lipinski definition) is 3. The normalized spacial score (nSPS) is 24.2. The summed E-state index contributed by atoms with van der Waals surface area (Å²) in [6.07, 6.45) is 3.03. The minimum absolute atomic E-state index is 0.146. The Morgan fingerprint density at radius 1 is 1.50 bits per heavy atom. The van der Waals surface area contributed by atoms with E-state index in [1.165, 1.54) is 5.56 Å². The van der Waals surface area contributed by atoms with Crippen LogP contribution in [0.4, 0.5) is 0 Å². The molecule has 1 aromatic rings. The van der Waals surface area contributed by atoms with Crippen molar-refractivity contribution in [3.05, 3.63) is 22.4 Å². The Bertz CT molecular complexity index is 378. The fraction of sp³-hybridized carbons (Fsp3) is 0.615. The number of guanidine groups is 1. The molecule has 5 heteroatoms. The van der Waals surface area contributed by atoms with Gasteiger partial charge in [-0.25, -0.2) is 0 Å². The topological polar surface area (TPSA) is 56.7 Å². The van der Waals surface area contributed by atoms with Gasteiger partial charge in [-0.05, 0) is 35.2 Å². The average Bonchev–Trinajstić information content (AvgIpc) is 3.01. The third kappa shape index (κ3) is 3.71. The first-order valence-corrected chi connectivity index (χ1v) is 7.37. The molecule has 0 aromatic carbocycles. The van der Waals surface area contributed by atoms with Crippen LogP contribution in [0.5, 0.6) is 0 Å². The van der Waals surface area contributed by atoms with E-state index >= 15 is 0 Å². The van der Waals surface area contributed by atoms with Crippen LogP contribution in [-0.2, 0) is 6.54 Å². The molecule has 2 rings (SSSR count). The van der Waals surface area contributed by atoms with Crippen LogP contribution >= 0.6 is 11.3 Å². The zero-order valence-corrected chi connectivity index (χ0v) is 11.5. The number of hydrogen-bond donors (Lipinski definition) is 3. The van der Waals surface area contributed by atoms with E-state index < -0.39 is 0 Å². The number of nitrogens with zero attached hydrogens (tertiary/aromatic N) is 1. The summed E-state index contributed by atoms with van der Waals surface area (Å²) in [5.74, 6) is 1.17. The van der Waals surface area contributed by atoms with Crippen molar-refractivity contribution in [3.8, 4) is 0 Å². The van der Waals surface area contributed by atoms with Crippen LogP contribution in [-0.4, -0.2) is 30.8 Å². The Morgan fingerprint density at radius 3 is 3.00 bits per heavy atom. The number of nitrogens with one attached hydrogen (secondary N) is 2. The van der Waals surface area contributed by atoms with Gasteiger partial charge in [0.15, 0.2) is 5.96 Å². The second-order valence-corrected chi connectivity index (χ2v) is 5.48. The molecule has 1 aliphatic carbocycles. The van der Waals surface area contributed by atoms with Gasteiger partial charge in [0.2, 0.25) is 0 Å². The molecule has 4 nitrogen and oxygen atoms in total. The quantitative estimate of drug-likeness (QED) is 0.573. The summed E-state index contributed by atoms with van der Waals surface area (Å²) in [5, 5.41) is 20.5. The molecule has 0 aliphatic heterocycles. The van der Waals surface area contributed by atoms with Crippen molar-refractivity contribution in [2.45, 2.75) is 31.9 Å². The third-order valence-corrected chi connectivity index (χ3v) is 4.15. The molecule has 2 unspecified atom stereocenters. The maximum Gasteiger partial charge on any atom is 0.191 e. The first-order chi connectivity index (χ1) is 8.79. The van der Waals surface area contributed by atoms with Gasteiger partial charge in [-0.1, -0.05) is 6.42 Å². The minimum Gasteiger partial charge on any atom is -0.393 e. The van der Waals surface area contributed by atoms with Crippen LogP contribution in [0.25, 0.3) is 0 Å². The van der Waals surface area contributed by atoms with E-state index in [4.69, 9.17) is 0 Å². The van der Waals surface area contributed by atoms with Crippen LogP contribution < -0.4 is 10.6 Å². The predicted molar refractivity (Wildman–Crippen MR) is 75.9 cm³/mol. The summed E-state index contributed by atoms with van der Waals surface area (Å²) in [5.41, 5.74) is 1.27. The Hall–Kier alpha value is -1.07. The summed E-state index contributed by atoms with van der Waals surface area (Å²) >= 11 is 1.70. The van der Waals surface area contributed by atoms with Gasteiger partial charge in [-0.15, -0.1) is 0 Å². The van der Waals surface area contributed by atoms with E-state index in [1.54, 1.807) is 18.4 Å². The van der Waals surface area contributed by atoms with Crippen LogP contribution in [0.15, 0.2) is 21.8 Å². The molecule has 18 heavy (non-hydrogen) atoms. The fourth-order valence-corrected chi connectivity index (χ4v) is 2.95. The third-order valence-electron chi connectivity index (χ3n) is 3.41. The SMILES string of the molecule is CN=C(NCc1ccsc1)NCC1CCCC1O. The second-order valence-electron chi connectivity index (χ2n) is 4.70. The molecule has 0 spiro atoms. The van der Waals surface area contributed by atoms with Crippen molar-refractivity contribution >= 4 is 17.3 Å². The number of thiophene rings is 1. The number of aliphatic hydroxyl groups is 1. The zero-order valence-electron chi connectivity index (χ0n) is 10.7. The van der Waals surface area contributed by atoms with Crippen LogP contribution in [0.1, 0.15) is 24.8 Å². The second kappa shape index (κ2) is 6.75. The molecule has 1 fully saturated rings. The van der Waals surface area contributed by atoms with Gasteiger partial charge in [0.25, 0.3) is 0 Å². The van der Waals surface area contributed by atoms with Gasteiger partial charge in [-0.3, -0.25) is 4.99 Å². The van der Waals surface area contributed by atoms with Crippen molar-refractivity contribution in [2.24, 2.45) is 10.9 Å². The van der Waals surface area contributed by atoms with Crippen molar-refractivity contribution in [1.29, 1.82) is 0 Å². The van der Waals surface area contributed by atoms with E-state index in [1.807, 2.05) is 0 Å². The molecule has 2 atom stereocenters. The molecule has 1 heterocycles. The molecule has 3 N–H and O–H groups in total. The molecule has 0 radical (unpaired) electrons. The lowest BCUT2D eigenvalue weighted by Crippen LogP contribution is -2.40. The minimum atomic E-state index is -0.146. The predicted octanol–water partition coefficient (Wildman–Crippen LogP) is 1.57. The first kappa shape index (κ1) is 13.4. The van der Waals surface area contributed by atoms with E-state index in [-0.39, 0.29) is 6.10 Å². The molecule has 1 aliphatic rings. The number of rotatable bonds is 4. The smallest absolute Gasteiger partial charge is 0.191 e. The van der Waals surface area contributed by atoms with Crippen molar-refractivity contribution < 1.29 is 5.11 Å². The van der Waals surface area contributed by atoms with Crippen LogP contribution in [0.3, 0.4) is 0 Å². The number of aliphatic imine (C=N–C) groups is 1. The van der Waals surface area contributed by atoms with Gasteiger partial charge in [-0.2, -0.15) is 11.3 Å². The standard InChI is InChI=1S/C13H21N3OS/c1-14-13(15-7-10-5-6-18-9-10)16-8-11-3-2-4-12(11)17/h5-6,9,11-12,17H,2-4,7-8H2,1H3,(H2,14,15,16). The van der Waals surface area contributed by atoms with Crippen molar-refractivity contribution in [1.82, 2.24) is 10.6 Å². The summed E-state index contributed by atoms with van der Waals surface area (Å²) in [7, 11) is 1.77. The van der Waals surface area contributed by atoms with Gasteiger partial charge in [0, 0.05) is 26.1 Å². The number of aliphatic hydroxyl groups excluding tert-OH is 1. The van der Waals surface area contributed by atoms with Crippen molar-refractivity contribution in [2.75, 3.05) is 13.6 Å². The lowest BCUT2D eigenvalue weighted by molar-refractivity contribution is 0.134. The molecule has 0 bridgehead atoms. The molecular formula is C13H21N3OS. The van der Waals surface area contributed by atoms with Gasteiger partial charge >= 0.3 is 0 Å². The van der Waals surface area contributed by atoms with Gasteiger partial charge in [0.05, 0.1) is 6.10 Å². The molecule has 1 saturated carbocycles. The zero-order chi connectivity index (χ0) is 12.8. The van der Waals surface area contributed by atoms with E-state index in [9.17, 15) is 5.11 Å². The highest BCUT2D eigenvalue weighted by Crippen LogP contribution is 2.24. The largest absolute Gasteiger partial charge is 0.393 e. The van der Waals surface area contributed by atoms with Crippen LogP contribution in [0, 0.1) is 5.92 Å². The monoisotopic (exact) mass is 267 g/mol. The van der Waals surface area contributed by atoms with Gasteiger partial charge in [0.1, 0.15) is 0 Å². The van der Waals surface area contributed by atoms with E-state index in [0.717, 1.165) is 38.3 Å². The fourth-order valence-electron chi connectivity index (χ4n) is 2.28. The Kier molecular flexibility index (Phi) is 5.01. The lowest BCUT2D eigenvalue weighted by Gasteiger charge is -2.17. The highest BCUT2D eigenvalue weighted by Gasteiger charge is 2.24. The summed E-state index contributed by atoms with van der Waals surface area (Å²) in [4.78, 5) is 4.19. The molecule has 1 aromatic heterocycles. The van der Waals surface area contributed by atoms with Gasteiger partial charge < -0.3 is 15.7 Å². The van der Waals surface area contributed by atoms with Crippen molar-refractivity contribution in [3.63, 3.8) is 0 Å². The Labute approximate surface area is 112 Å². The van der Waals surface area contributed by atoms with E-state index in [0.29, 0.717) is 5.92 Å². The highest BCUT2D eigenvalue weighted by atomic mass is 32.1. The highest BCUT2D eigenvalue weighted by molar-refractivity contribution is 7.07. The van der Waals surface area contributed by atoms with Crippen LogP contribution in [0.2, 0.25) is 0 Å². The maximum atomic E-state index is 9.76. The summed E-state index contributed by atoms with van der Waals surface area (Å²) in [6.45, 7) is 1.58. The first-order valence-electron chi connectivity index (χ1n) is 6.43. The summed E-state index contributed by atoms with van der Waals surface area (Å²) in [6, 6.07) is 2.10. The average molecular weight is 267 g/mol. The molecular weight excluding hydrogens is 246 g/mol. The Balaban J connectivity index is 1.72. The van der Waals surface area contributed by atoms with E-state index in [2.05, 4.69) is 32.5 Å². The molecule has 0 amide bonds. The summed E-state index contributed by atoms with van der Waals surface area (Å²) < 4.78 is 0. The Morgan fingerprint density at radius 2 is 2.39 bits per heavy atom. The molecule has 0 saturated heterocycles. The molecule has 100 valence electrons. The maximum absolute atomic E-state index is 9.76.